The van der Waals surface area contributed by atoms with Crippen molar-refractivity contribution in [3.05, 3.63) is 77.0 Å². The highest BCUT2D eigenvalue weighted by Crippen LogP contribution is 2.38. The molecule has 12 heteroatoms. The Bertz CT molecular complexity index is 1750. The van der Waals surface area contributed by atoms with E-state index in [1.165, 1.54) is 13.2 Å². The van der Waals surface area contributed by atoms with E-state index in [2.05, 4.69) is 15.3 Å². The minimum atomic E-state index is -3.53. The van der Waals surface area contributed by atoms with E-state index in [1.54, 1.807) is 24.4 Å². The molecular weight excluding hydrogens is 537 g/mol. The number of benzene rings is 1. The molecule has 0 saturated heterocycles. The lowest BCUT2D eigenvalue weighted by Crippen LogP contribution is -2.27. The molecule has 0 atom stereocenters. The van der Waals surface area contributed by atoms with Crippen LogP contribution in [0.25, 0.3) is 10.9 Å². The van der Waals surface area contributed by atoms with Crippen LogP contribution in [0.4, 0.5) is 15.9 Å². The summed E-state index contributed by atoms with van der Waals surface area (Å²) in [6.07, 6.45) is 4.28. The van der Waals surface area contributed by atoms with Gasteiger partial charge < -0.3 is 19.7 Å². The summed E-state index contributed by atoms with van der Waals surface area (Å²) in [6.45, 7) is 1.00. The van der Waals surface area contributed by atoms with E-state index < -0.39 is 21.6 Å². The fourth-order valence-electron chi connectivity index (χ4n) is 5.08. The van der Waals surface area contributed by atoms with Gasteiger partial charge in [0, 0.05) is 29.3 Å². The van der Waals surface area contributed by atoms with Gasteiger partial charge in [-0.1, -0.05) is 6.07 Å². The second kappa shape index (κ2) is 10.4. The Balaban J connectivity index is 1.24. The normalized spacial score (nSPS) is 16.1. The van der Waals surface area contributed by atoms with Crippen molar-refractivity contribution in [2.75, 3.05) is 30.9 Å². The van der Waals surface area contributed by atoms with Gasteiger partial charge in [-0.25, -0.2) is 22.8 Å². The third kappa shape index (κ3) is 4.84. The number of pyridine rings is 3. The van der Waals surface area contributed by atoms with E-state index in [0.29, 0.717) is 52.7 Å². The molecule has 1 N–H and O–H groups in total. The molecule has 0 bridgehead atoms. The van der Waals surface area contributed by atoms with E-state index in [4.69, 9.17) is 14.5 Å². The largest absolute Gasteiger partial charge is 0.481 e. The first-order chi connectivity index (χ1) is 19.3. The summed E-state index contributed by atoms with van der Waals surface area (Å²) < 4.78 is 50.7. The van der Waals surface area contributed by atoms with Gasteiger partial charge in [0.05, 0.1) is 60.6 Å². The number of hydrogen-bond acceptors (Lipinski definition) is 9. The van der Waals surface area contributed by atoms with Gasteiger partial charge in [-0.05, 0) is 48.7 Å². The number of sulfone groups is 1. The number of nitrogens with zero attached hydrogens (tertiary/aromatic N) is 4. The second-order valence-corrected chi connectivity index (χ2v) is 11.7. The minimum Gasteiger partial charge on any atom is -0.481 e. The fourth-order valence-corrected chi connectivity index (χ4v) is 6.47. The number of aromatic nitrogens is 3. The molecule has 1 amide bonds. The Labute approximate surface area is 230 Å². The average molecular weight is 564 g/mol. The Morgan fingerprint density at radius 2 is 2.05 bits per heavy atom. The van der Waals surface area contributed by atoms with Gasteiger partial charge in [-0.3, -0.25) is 9.78 Å². The Kier molecular flexibility index (Phi) is 6.80. The second-order valence-electron chi connectivity index (χ2n) is 9.61. The van der Waals surface area contributed by atoms with Crippen LogP contribution in [0.5, 0.6) is 5.88 Å². The molecule has 4 aromatic rings. The molecule has 5 heterocycles. The zero-order chi connectivity index (χ0) is 27.9. The van der Waals surface area contributed by atoms with E-state index in [1.807, 2.05) is 17.0 Å². The van der Waals surface area contributed by atoms with Crippen LogP contribution in [-0.4, -0.2) is 55.3 Å². The summed E-state index contributed by atoms with van der Waals surface area (Å²) >= 11 is 0. The number of ether oxygens (including phenoxy) is 2. The van der Waals surface area contributed by atoms with Crippen molar-refractivity contribution in [3.63, 3.8) is 0 Å². The van der Waals surface area contributed by atoms with Gasteiger partial charge >= 0.3 is 0 Å². The topological polar surface area (TPSA) is 124 Å². The van der Waals surface area contributed by atoms with Crippen LogP contribution in [0.1, 0.15) is 33.6 Å². The summed E-state index contributed by atoms with van der Waals surface area (Å²) in [5.74, 6) is 0.00566. The molecule has 206 valence electrons. The van der Waals surface area contributed by atoms with Crippen molar-refractivity contribution in [1.29, 1.82) is 0 Å². The number of carbonyl (C=O) groups excluding carboxylic acids is 1. The number of anilines is 2. The third-order valence-corrected chi connectivity index (χ3v) is 8.83. The Morgan fingerprint density at radius 1 is 1.18 bits per heavy atom. The highest BCUT2D eigenvalue weighted by Gasteiger charge is 2.27. The molecule has 0 unspecified atom stereocenters. The van der Waals surface area contributed by atoms with E-state index >= 15 is 0 Å². The molecule has 2 aliphatic heterocycles. The summed E-state index contributed by atoms with van der Waals surface area (Å²) in [7, 11) is -2.01. The summed E-state index contributed by atoms with van der Waals surface area (Å²) in [5.41, 5.74) is 3.12. The number of hydrogen-bond donors (Lipinski definition) is 1. The number of nitrogens with one attached hydrogen (secondary N) is 1. The fraction of sp³-hybridized carbons (Fsp3) is 0.286. The van der Waals surface area contributed by atoms with Crippen molar-refractivity contribution < 1.29 is 27.1 Å². The van der Waals surface area contributed by atoms with Crippen LogP contribution >= 0.6 is 0 Å². The monoisotopic (exact) mass is 563 g/mol. The van der Waals surface area contributed by atoms with Crippen LogP contribution in [-0.2, 0) is 34.1 Å². The third-order valence-electron chi connectivity index (χ3n) is 7.08. The molecule has 0 spiro atoms. The van der Waals surface area contributed by atoms with Crippen molar-refractivity contribution >= 4 is 38.2 Å². The van der Waals surface area contributed by atoms with Crippen LogP contribution in [0.2, 0.25) is 0 Å². The number of amides is 1. The smallest absolute Gasteiger partial charge is 0.251 e. The van der Waals surface area contributed by atoms with Gasteiger partial charge in [-0.15, -0.1) is 0 Å². The van der Waals surface area contributed by atoms with Crippen molar-refractivity contribution in [3.8, 4) is 5.88 Å². The number of rotatable bonds is 5. The lowest BCUT2D eigenvalue weighted by Gasteiger charge is -2.31. The molecular formula is C28H26FN5O5S. The average Bonchev–Trinajstić information content (AvgIpc) is 3.12. The number of halogens is 1. The van der Waals surface area contributed by atoms with Crippen LogP contribution < -0.4 is 15.0 Å². The van der Waals surface area contributed by atoms with Crippen LogP contribution in [0.3, 0.4) is 0 Å². The zero-order valence-electron chi connectivity index (χ0n) is 21.7. The van der Waals surface area contributed by atoms with Crippen molar-refractivity contribution in [1.82, 2.24) is 20.3 Å². The molecule has 0 radical (unpaired) electrons. The van der Waals surface area contributed by atoms with E-state index in [9.17, 15) is 17.6 Å². The van der Waals surface area contributed by atoms with Gasteiger partial charge in [-0.2, -0.15) is 0 Å². The molecule has 1 aromatic carbocycles. The molecule has 10 nitrogen and oxygen atoms in total. The minimum absolute atomic E-state index is 0.109. The molecule has 6 rings (SSSR count). The molecule has 0 saturated carbocycles. The van der Waals surface area contributed by atoms with Gasteiger partial charge in [0.1, 0.15) is 5.82 Å². The Hall–Kier alpha value is -4.16. The molecule has 0 fully saturated rings. The van der Waals surface area contributed by atoms with Gasteiger partial charge in [0.25, 0.3) is 5.91 Å². The molecule has 0 aliphatic carbocycles. The lowest BCUT2D eigenvalue weighted by molar-refractivity contribution is 0.0950. The predicted molar refractivity (Wildman–Crippen MR) is 145 cm³/mol. The number of carbonyl (C=O) groups is 1. The maximum Gasteiger partial charge on any atom is 0.251 e. The van der Waals surface area contributed by atoms with Gasteiger partial charge in [0.15, 0.2) is 15.7 Å². The molecule has 2 aliphatic rings. The Morgan fingerprint density at radius 3 is 2.90 bits per heavy atom. The van der Waals surface area contributed by atoms with Crippen LogP contribution in [0.15, 0.2) is 53.7 Å². The standard InChI is InChI=1S/C28H26FN5O5S/c1-38-28-21-3-2-8-34(26(21)22(29)15-32-28)25-7-6-18-13-30-20(12-23(18)33-25)14-31-27(35)17-4-5-19-16-39-9-10-40(36,37)24(19)11-17/h4-7,11-13,15H,2-3,8-10,14,16H2,1H3,(H,31,35). The summed E-state index contributed by atoms with van der Waals surface area (Å²) in [4.78, 5) is 28.1. The maximum absolute atomic E-state index is 14.9. The van der Waals surface area contributed by atoms with Gasteiger partial charge in [0.2, 0.25) is 5.88 Å². The van der Waals surface area contributed by atoms with E-state index in [-0.39, 0.29) is 36.0 Å². The zero-order valence-corrected chi connectivity index (χ0v) is 22.5. The first-order valence-electron chi connectivity index (χ1n) is 12.8. The quantitative estimate of drug-likeness (QED) is 0.389. The predicted octanol–water partition coefficient (Wildman–Crippen LogP) is 3.49. The SMILES string of the molecule is COc1ncc(F)c2c1CCCN2c1ccc2cnc(CNC(=O)c3ccc4c(c3)S(=O)(=O)CCOC4)cc2n1. The highest BCUT2D eigenvalue weighted by atomic mass is 32.2. The first kappa shape index (κ1) is 26.1. The molecule has 3 aromatic heterocycles. The van der Waals surface area contributed by atoms with Crippen molar-refractivity contribution in [2.24, 2.45) is 0 Å². The van der Waals surface area contributed by atoms with Crippen LogP contribution in [0, 0.1) is 5.82 Å². The number of fused-ring (bicyclic) bond motifs is 3. The lowest BCUT2D eigenvalue weighted by atomic mass is 10.0. The maximum atomic E-state index is 14.9. The highest BCUT2D eigenvalue weighted by molar-refractivity contribution is 7.91. The van der Waals surface area contributed by atoms with Crippen molar-refractivity contribution in [2.45, 2.75) is 30.9 Å². The van der Waals surface area contributed by atoms with E-state index in [0.717, 1.165) is 18.0 Å². The summed E-state index contributed by atoms with van der Waals surface area (Å²) in [6, 6.07) is 10.1. The molecule has 40 heavy (non-hydrogen) atoms. The number of methoxy groups -OCH3 is 1. The summed E-state index contributed by atoms with van der Waals surface area (Å²) in [5, 5.41) is 3.60. The first-order valence-corrected chi connectivity index (χ1v) is 14.5.